The van der Waals surface area contributed by atoms with Gasteiger partial charge in [-0.1, -0.05) is 27.2 Å². The molecule has 88 valence electrons. The van der Waals surface area contributed by atoms with Gasteiger partial charge in [0.25, 0.3) is 0 Å². The number of rotatable bonds is 0. The molecule has 1 saturated carbocycles. The summed E-state index contributed by atoms with van der Waals surface area (Å²) >= 11 is 2.01. The first-order valence-corrected chi connectivity index (χ1v) is 7.49. The Kier molecular flexibility index (Phi) is 2.27. The van der Waals surface area contributed by atoms with Crippen LogP contribution in [0, 0.1) is 11.3 Å². The lowest BCUT2D eigenvalue weighted by Gasteiger charge is -2.53. The van der Waals surface area contributed by atoms with Gasteiger partial charge in [-0.25, -0.2) is 0 Å². The molecule has 0 N–H and O–H groups in total. The van der Waals surface area contributed by atoms with E-state index in [4.69, 9.17) is 0 Å². The highest BCUT2D eigenvalue weighted by Gasteiger charge is 2.50. The average Bonchev–Trinajstić information content (AvgIpc) is 2.65. The second-order valence-electron chi connectivity index (χ2n) is 6.63. The first-order valence-electron chi connectivity index (χ1n) is 6.61. The van der Waals surface area contributed by atoms with E-state index < -0.39 is 0 Å². The highest BCUT2D eigenvalue weighted by atomic mass is 32.1. The van der Waals surface area contributed by atoms with E-state index in [1.165, 1.54) is 32.1 Å². The van der Waals surface area contributed by atoms with Crippen molar-refractivity contribution in [1.82, 2.24) is 0 Å². The number of aryl methyl sites for hydroxylation is 1. The van der Waals surface area contributed by atoms with E-state index >= 15 is 0 Å². The van der Waals surface area contributed by atoms with Gasteiger partial charge < -0.3 is 0 Å². The maximum absolute atomic E-state index is 2.53. The molecule has 2 atom stereocenters. The lowest BCUT2D eigenvalue weighted by atomic mass is 9.52. The van der Waals surface area contributed by atoms with Gasteiger partial charge in [-0.2, -0.15) is 0 Å². The van der Waals surface area contributed by atoms with Crippen LogP contribution in [0.5, 0.6) is 0 Å². The summed E-state index contributed by atoms with van der Waals surface area (Å²) in [6.45, 7) is 7.52. The molecule has 0 aromatic carbocycles. The van der Waals surface area contributed by atoms with Crippen LogP contribution in [0.25, 0.3) is 0 Å². The van der Waals surface area contributed by atoms with Gasteiger partial charge in [0.15, 0.2) is 0 Å². The predicted molar refractivity (Wildman–Crippen MR) is 71.1 cm³/mol. The van der Waals surface area contributed by atoms with Crippen molar-refractivity contribution in [3.63, 3.8) is 0 Å². The van der Waals surface area contributed by atoms with Gasteiger partial charge in [0.05, 0.1) is 0 Å². The quantitative estimate of drug-likeness (QED) is 0.606. The van der Waals surface area contributed by atoms with Crippen LogP contribution in [-0.4, -0.2) is 0 Å². The van der Waals surface area contributed by atoms with Crippen LogP contribution in [0.1, 0.15) is 56.9 Å². The zero-order valence-electron chi connectivity index (χ0n) is 10.7. The Hall–Kier alpha value is -0.300. The summed E-state index contributed by atoms with van der Waals surface area (Å²) in [6.07, 6.45) is 6.98. The molecule has 0 nitrogen and oxygen atoms in total. The van der Waals surface area contributed by atoms with Crippen molar-refractivity contribution in [3.05, 3.63) is 21.9 Å². The normalized spacial score (nSPS) is 36.6. The Morgan fingerprint density at radius 1 is 1.25 bits per heavy atom. The van der Waals surface area contributed by atoms with Gasteiger partial charge in [0.1, 0.15) is 0 Å². The molecule has 0 unspecified atom stereocenters. The van der Waals surface area contributed by atoms with Gasteiger partial charge in [-0.05, 0) is 54.0 Å². The molecule has 2 aliphatic carbocycles. The van der Waals surface area contributed by atoms with Crippen LogP contribution >= 0.6 is 11.3 Å². The minimum absolute atomic E-state index is 0.490. The molecule has 3 rings (SSSR count). The Bertz CT molecular complexity index is 401. The Morgan fingerprint density at radius 2 is 2.06 bits per heavy atom. The summed E-state index contributed by atoms with van der Waals surface area (Å²) in [6, 6.07) is 2.36. The fourth-order valence-corrected chi connectivity index (χ4v) is 5.64. The fourth-order valence-electron chi connectivity index (χ4n) is 4.44. The fraction of sp³-hybridized carbons (Fsp3) is 0.733. The number of hydrogen-bond donors (Lipinski definition) is 0. The van der Waals surface area contributed by atoms with E-state index in [1.54, 1.807) is 10.4 Å². The molecular formula is C15H22S. The summed E-state index contributed by atoms with van der Waals surface area (Å²) in [4.78, 5) is 1.72. The highest BCUT2D eigenvalue weighted by molar-refractivity contribution is 7.10. The zero-order chi connectivity index (χ0) is 11.4. The van der Waals surface area contributed by atoms with E-state index in [1.807, 2.05) is 11.3 Å². The van der Waals surface area contributed by atoms with Crippen molar-refractivity contribution < 1.29 is 0 Å². The highest BCUT2D eigenvalue weighted by Crippen LogP contribution is 2.58. The lowest BCUT2D eigenvalue weighted by molar-refractivity contribution is 0.0432. The SMILES string of the molecule is CC1(C)CCC[C@@]2(C)c3sccc3CC[C@@H]12. The van der Waals surface area contributed by atoms with E-state index in [9.17, 15) is 0 Å². The molecule has 2 aliphatic rings. The van der Waals surface area contributed by atoms with Crippen molar-refractivity contribution >= 4 is 11.3 Å². The zero-order valence-corrected chi connectivity index (χ0v) is 11.5. The first kappa shape index (κ1) is 10.8. The molecule has 1 aromatic heterocycles. The number of fused-ring (bicyclic) bond motifs is 3. The van der Waals surface area contributed by atoms with Crippen LogP contribution in [0.15, 0.2) is 11.4 Å². The second kappa shape index (κ2) is 3.35. The van der Waals surface area contributed by atoms with Gasteiger partial charge >= 0.3 is 0 Å². The van der Waals surface area contributed by atoms with E-state index in [0.717, 1.165) is 5.92 Å². The summed E-state index contributed by atoms with van der Waals surface area (Å²) in [7, 11) is 0. The molecule has 0 spiro atoms. The second-order valence-corrected chi connectivity index (χ2v) is 7.54. The summed E-state index contributed by atoms with van der Waals surface area (Å²) in [5, 5.41) is 2.31. The molecule has 16 heavy (non-hydrogen) atoms. The molecule has 1 aromatic rings. The maximum Gasteiger partial charge on any atom is 0.0139 e. The predicted octanol–water partition coefficient (Wildman–Crippen LogP) is 4.78. The molecule has 1 heterocycles. The van der Waals surface area contributed by atoms with E-state index in [-0.39, 0.29) is 0 Å². The van der Waals surface area contributed by atoms with Crippen molar-refractivity contribution in [2.45, 2.75) is 58.3 Å². The maximum atomic E-state index is 2.53. The molecule has 0 radical (unpaired) electrons. The summed E-state index contributed by atoms with van der Waals surface area (Å²) < 4.78 is 0. The third-order valence-electron chi connectivity index (χ3n) is 5.20. The Morgan fingerprint density at radius 3 is 2.88 bits per heavy atom. The molecule has 1 fully saturated rings. The first-order chi connectivity index (χ1) is 7.54. The van der Waals surface area contributed by atoms with E-state index in [2.05, 4.69) is 32.2 Å². The third-order valence-corrected chi connectivity index (χ3v) is 6.43. The molecule has 1 heteroatoms. The van der Waals surface area contributed by atoms with Crippen molar-refractivity contribution in [2.24, 2.45) is 11.3 Å². The monoisotopic (exact) mass is 234 g/mol. The smallest absolute Gasteiger partial charge is 0.0139 e. The topological polar surface area (TPSA) is 0 Å². The summed E-state index contributed by atoms with van der Waals surface area (Å²) in [5.74, 6) is 0.903. The largest absolute Gasteiger partial charge is 0.148 e. The van der Waals surface area contributed by atoms with Gasteiger partial charge in [-0.3, -0.25) is 0 Å². The lowest BCUT2D eigenvalue weighted by Crippen LogP contribution is -2.47. The minimum atomic E-state index is 0.490. The molecule has 0 amide bonds. The van der Waals surface area contributed by atoms with Crippen LogP contribution in [0.2, 0.25) is 0 Å². The van der Waals surface area contributed by atoms with Crippen LogP contribution in [0.3, 0.4) is 0 Å². The average molecular weight is 234 g/mol. The van der Waals surface area contributed by atoms with Crippen LogP contribution in [0.4, 0.5) is 0 Å². The Labute approximate surface area is 103 Å². The molecular weight excluding hydrogens is 212 g/mol. The minimum Gasteiger partial charge on any atom is -0.148 e. The Balaban J connectivity index is 2.09. The summed E-state index contributed by atoms with van der Waals surface area (Å²) in [5.41, 5.74) is 2.69. The van der Waals surface area contributed by atoms with Crippen molar-refractivity contribution in [3.8, 4) is 0 Å². The van der Waals surface area contributed by atoms with Crippen molar-refractivity contribution in [1.29, 1.82) is 0 Å². The molecule has 0 bridgehead atoms. The van der Waals surface area contributed by atoms with Gasteiger partial charge in [-0.15, -0.1) is 11.3 Å². The number of hydrogen-bond acceptors (Lipinski definition) is 1. The van der Waals surface area contributed by atoms with Crippen LogP contribution in [-0.2, 0) is 11.8 Å². The van der Waals surface area contributed by atoms with Crippen molar-refractivity contribution in [2.75, 3.05) is 0 Å². The van der Waals surface area contributed by atoms with Gasteiger partial charge in [0, 0.05) is 10.3 Å². The standard InChI is InChI=1S/C15H22S/c1-14(2)8-4-9-15(3)12(14)6-5-11-7-10-16-13(11)15/h7,10,12H,4-6,8-9H2,1-3H3/t12-,15+/m0/s1. The molecule has 0 saturated heterocycles. The van der Waals surface area contributed by atoms with E-state index in [0.29, 0.717) is 10.8 Å². The van der Waals surface area contributed by atoms with Crippen LogP contribution < -0.4 is 0 Å². The molecule has 0 aliphatic heterocycles. The third kappa shape index (κ3) is 1.33. The van der Waals surface area contributed by atoms with Gasteiger partial charge in [0.2, 0.25) is 0 Å². The number of thiophene rings is 1.